The number of hydrogen-bond acceptors (Lipinski definition) is 8. The summed E-state index contributed by atoms with van der Waals surface area (Å²) in [6.07, 6.45) is -0.989. The van der Waals surface area contributed by atoms with E-state index >= 15 is 0 Å². The molecule has 0 saturated heterocycles. The zero-order valence-electron chi connectivity index (χ0n) is 18.0. The summed E-state index contributed by atoms with van der Waals surface area (Å²) in [4.78, 5) is 33.1. The second-order valence-corrected chi connectivity index (χ2v) is 6.61. The van der Waals surface area contributed by atoms with E-state index in [1.807, 2.05) is 0 Å². The lowest BCUT2D eigenvalue weighted by Crippen LogP contribution is -2.21. The molecule has 3 amide bonds. The number of carbonyl (C=O) groups excluding carboxylic acids is 3. The van der Waals surface area contributed by atoms with Gasteiger partial charge in [0.25, 0.3) is 0 Å². The molecule has 180 valence electrons. The summed E-state index contributed by atoms with van der Waals surface area (Å²) in [5.74, 6) is -0.588. The van der Waals surface area contributed by atoms with Crippen LogP contribution in [0.4, 0.5) is 5.69 Å². The molecular formula is C21H26ClN3O8. The largest absolute Gasteiger partial charge is 0.495 e. The van der Waals surface area contributed by atoms with Crippen LogP contribution in [0.2, 0.25) is 0 Å². The van der Waals surface area contributed by atoms with Gasteiger partial charge in [0, 0.05) is 11.1 Å². The number of carbonyl (C=O) groups is 3. The minimum Gasteiger partial charge on any atom is -0.495 e. The number of halogens is 1. The molecule has 0 saturated carbocycles. The molecule has 1 unspecified atom stereocenters. The van der Waals surface area contributed by atoms with E-state index in [0.717, 1.165) is 0 Å². The Morgan fingerprint density at radius 1 is 0.970 bits per heavy atom. The van der Waals surface area contributed by atoms with Crippen LogP contribution in [0, 0.1) is 0 Å². The highest BCUT2D eigenvalue weighted by Crippen LogP contribution is 2.28. The van der Waals surface area contributed by atoms with Gasteiger partial charge in [-0.25, -0.2) is 0 Å². The predicted octanol–water partition coefficient (Wildman–Crippen LogP) is 0.497. The molecule has 0 fully saturated rings. The number of methoxy groups -OCH3 is 2. The summed E-state index contributed by atoms with van der Waals surface area (Å²) < 4.78 is 15.3. The van der Waals surface area contributed by atoms with Crippen molar-refractivity contribution in [1.29, 1.82) is 0 Å². The number of amides is 3. The number of alkyl halides is 1. The number of aliphatic hydroxyl groups is 2. The van der Waals surface area contributed by atoms with Gasteiger partial charge in [-0.2, -0.15) is 0 Å². The summed E-state index contributed by atoms with van der Waals surface area (Å²) in [5.41, 5.74) is 11.2. The van der Waals surface area contributed by atoms with Crippen molar-refractivity contribution in [1.82, 2.24) is 0 Å². The van der Waals surface area contributed by atoms with Gasteiger partial charge in [0.15, 0.2) is 11.5 Å². The van der Waals surface area contributed by atoms with E-state index in [2.05, 4.69) is 5.32 Å². The summed E-state index contributed by atoms with van der Waals surface area (Å²) in [7, 11) is 2.91. The Kier molecular flexibility index (Phi) is 11.5. The molecule has 1 atom stereocenters. The maximum absolute atomic E-state index is 11.1. The van der Waals surface area contributed by atoms with E-state index < -0.39 is 24.5 Å². The summed E-state index contributed by atoms with van der Waals surface area (Å²) in [6.45, 7) is -0.507. The van der Waals surface area contributed by atoms with Crippen molar-refractivity contribution in [3.63, 3.8) is 0 Å². The number of aliphatic hydroxyl groups excluding tert-OH is 2. The Hall–Kier alpha value is -3.54. The first-order valence-corrected chi connectivity index (χ1v) is 9.93. The lowest BCUT2D eigenvalue weighted by atomic mass is 10.1. The van der Waals surface area contributed by atoms with Crippen LogP contribution in [0.15, 0.2) is 36.4 Å². The SMILES string of the molecule is COc1ccc(C(N)=O)cc1NC(=O)CCl.COc1ccc(C(N)=O)cc1OCC(O)CO. The number of hydrogen-bond donors (Lipinski definition) is 5. The smallest absolute Gasteiger partial charge is 0.248 e. The van der Waals surface area contributed by atoms with Crippen LogP contribution in [0.5, 0.6) is 17.2 Å². The van der Waals surface area contributed by atoms with Crippen LogP contribution in [-0.4, -0.2) is 67.4 Å². The number of primary amides is 2. The fraction of sp³-hybridized carbons (Fsp3) is 0.286. The standard InChI is InChI=1S/C11H15NO5.C10H11ClN2O3/c1-16-9-3-2-7(11(12)15)4-10(9)17-6-8(14)5-13;1-16-8-3-2-6(10(12)15)4-7(8)13-9(14)5-11/h2-4,8,13-14H,5-6H2,1H3,(H2,12,15);2-4H,5H2,1H3,(H2,12,15)(H,13,14). The highest BCUT2D eigenvalue weighted by atomic mass is 35.5. The van der Waals surface area contributed by atoms with Crippen LogP contribution in [0.1, 0.15) is 20.7 Å². The second-order valence-electron chi connectivity index (χ2n) is 6.34. The molecule has 11 nitrogen and oxygen atoms in total. The molecule has 2 aromatic rings. The first kappa shape index (κ1) is 27.5. The molecule has 0 heterocycles. The minimum absolute atomic E-state index is 0.102. The highest BCUT2D eigenvalue weighted by Gasteiger charge is 2.11. The predicted molar refractivity (Wildman–Crippen MR) is 121 cm³/mol. The Labute approximate surface area is 195 Å². The van der Waals surface area contributed by atoms with E-state index in [-0.39, 0.29) is 35.3 Å². The summed E-state index contributed by atoms with van der Waals surface area (Å²) in [6, 6.07) is 8.97. The maximum atomic E-state index is 11.1. The zero-order chi connectivity index (χ0) is 25.0. The quantitative estimate of drug-likeness (QED) is 0.302. The molecule has 0 spiro atoms. The summed E-state index contributed by atoms with van der Waals surface area (Å²) >= 11 is 5.36. The average Bonchev–Trinajstić information content (AvgIpc) is 2.82. The van der Waals surface area contributed by atoms with Crippen LogP contribution >= 0.6 is 11.6 Å². The van der Waals surface area contributed by atoms with Crippen molar-refractivity contribution >= 4 is 35.0 Å². The lowest BCUT2D eigenvalue weighted by molar-refractivity contribution is -0.113. The van der Waals surface area contributed by atoms with E-state index in [1.165, 1.54) is 38.5 Å². The molecule has 12 heteroatoms. The molecule has 2 aromatic carbocycles. The van der Waals surface area contributed by atoms with Crippen molar-refractivity contribution in [2.45, 2.75) is 6.10 Å². The third-order valence-corrected chi connectivity index (χ3v) is 4.21. The Balaban J connectivity index is 0.000000331. The molecule has 0 aliphatic carbocycles. The van der Waals surface area contributed by atoms with Gasteiger partial charge in [-0.3, -0.25) is 14.4 Å². The van der Waals surface area contributed by atoms with E-state index in [4.69, 9.17) is 47.5 Å². The normalized spacial score (nSPS) is 10.8. The maximum Gasteiger partial charge on any atom is 0.248 e. The lowest BCUT2D eigenvalue weighted by Gasteiger charge is -2.13. The highest BCUT2D eigenvalue weighted by molar-refractivity contribution is 6.29. The van der Waals surface area contributed by atoms with Crippen molar-refractivity contribution < 1.29 is 38.8 Å². The molecule has 33 heavy (non-hydrogen) atoms. The number of anilines is 1. The third-order valence-electron chi connectivity index (χ3n) is 3.97. The fourth-order valence-corrected chi connectivity index (χ4v) is 2.39. The van der Waals surface area contributed by atoms with Gasteiger partial charge in [-0.1, -0.05) is 0 Å². The molecule has 7 N–H and O–H groups in total. The molecule has 0 radical (unpaired) electrons. The molecular weight excluding hydrogens is 458 g/mol. The van der Waals surface area contributed by atoms with Crippen LogP contribution in [0.25, 0.3) is 0 Å². The zero-order valence-corrected chi connectivity index (χ0v) is 18.8. The number of ether oxygens (including phenoxy) is 3. The van der Waals surface area contributed by atoms with Crippen molar-refractivity contribution in [2.24, 2.45) is 11.5 Å². The fourth-order valence-electron chi connectivity index (χ4n) is 2.32. The number of nitrogens with one attached hydrogen (secondary N) is 1. The van der Waals surface area contributed by atoms with Crippen molar-refractivity contribution in [3.8, 4) is 17.2 Å². The first-order valence-electron chi connectivity index (χ1n) is 9.40. The van der Waals surface area contributed by atoms with E-state index in [9.17, 15) is 14.4 Å². The summed E-state index contributed by atoms with van der Waals surface area (Å²) in [5, 5.41) is 20.3. The van der Waals surface area contributed by atoms with E-state index in [1.54, 1.807) is 12.1 Å². The third kappa shape index (κ3) is 8.85. The topological polar surface area (TPSA) is 183 Å². The molecule has 0 aromatic heterocycles. The molecule has 0 aliphatic rings. The molecule has 2 rings (SSSR count). The van der Waals surface area contributed by atoms with Gasteiger partial charge in [-0.15, -0.1) is 11.6 Å². The average molecular weight is 484 g/mol. The van der Waals surface area contributed by atoms with Gasteiger partial charge in [0.2, 0.25) is 17.7 Å². The van der Waals surface area contributed by atoms with Gasteiger partial charge in [-0.05, 0) is 36.4 Å². The number of nitrogens with two attached hydrogens (primary N) is 2. The number of rotatable bonds is 10. The monoisotopic (exact) mass is 483 g/mol. The second kappa shape index (κ2) is 13.8. The van der Waals surface area contributed by atoms with Gasteiger partial charge in [0.05, 0.1) is 26.5 Å². The number of benzene rings is 2. The van der Waals surface area contributed by atoms with Gasteiger partial charge >= 0.3 is 0 Å². The van der Waals surface area contributed by atoms with Crippen LogP contribution in [0.3, 0.4) is 0 Å². The van der Waals surface area contributed by atoms with Crippen LogP contribution in [-0.2, 0) is 4.79 Å². The van der Waals surface area contributed by atoms with Crippen molar-refractivity contribution in [3.05, 3.63) is 47.5 Å². The first-order chi connectivity index (χ1) is 15.7. The minimum atomic E-state index is -0.989. The Morgan fingerprint density at radius 3 is 2.00 bits per heavy atom. The Morgan fingerprint density at radius 2 is 1.52 bits per heavy atom. The van der Waals surface area contributed by atoms with Gasteiger partial charge < -0.3 is 41.2 Å². The van der Waals surface area contributed by atoms with E-state index in [0.29, 0.717) is 17.2 Å². The van der Waals surface area contributed by atoms with Gasteiger partial charge in [0.1, 0.15) is 24.3 Å². The molecule has 0 aliphatic heterocycles. The molecule has 0 bridgehead atoms. The Bertz CT molecular complexity index is 971. The van der Waals surface area contributed by atoms with Crippen molar-refractivity contribution in [2.75, 3.05) is 38.6 Å². The van der Waals surface area contributed by atoms with Crippen LogP contribution < -0.4 is 31.0 Å².